The molecule has 2 nitrogen and oxygen atoms in total. The van der Waals surface area contributed by atoms with Crippen LogP contribution in [0, 0.1) is 0 Å². The van der Waals surface area contributed by atoms with E-state index in [0.717, 1.165) is 32.5 Å². The molecule has 0 saturated carbocycles. The monoisotopic (exact) mass is 284 g/mol. The van der Waals surface area contributed by atoms with E-state index in [4.69, 9.17) is 9.47 Å². The zero-order valence-corrected chi connectivity index (χ0v) is 12.6. The average Bonchev–Trinajstić information content (AvgIpc) is 2.56. The number of benzene rings is 2. The molecule has 2 aromatic carbocycles. The van der Waals surface area contributed by atoms with Crippen molar-refractivity contribution in [2.75, 3.05) is 13.2 Å². The van der Waals surface area contributed by atoms with Crippen molar-refractivity contribution in [2.24, 2.45) is 0 Å². The van der Waals surface area contributed by atoms with Gasteiger partial charge in [0.1, 0.15) is 0 Å². The molecule has 1 fully saturated rings. The molecule has 1 atom stereocenters. The minimum Gasteiger partial charge on any atom is -0.353 e. The van der Waals surface area contributed by atoms with Gasteiger partial charge in [0, 0.05) is 13.2 Å². The minimum absolute atomic E-state index is 0.0521. The van der Waals surface area contributed by atoms with Crippen LogP contribution in [0.2, 0.25) is 0 Å². The molecule has 1 heterocycles. The molecule has 21 heavy (non-hydrogen) atoms. The standard InChI is InChI=1S/C19H24O2/c1-2-12-18-16(8-1)10-7-11-17(18)9-3-5-14-20-19-13-4-6-15-21-19/h1-2,7-8,10-12,19H,3-6,9,13-15H2. The highest BCUT2D eigenvalue weighted by molar-refractivity contribution is 5.85. The van der Waals surface area contributed by atoms with Crippen molar-refractivity contribution >= 4 is 10.8 Å². The molecule has 0 N–H and O–H groups in total. The third-order valence-electron chi connectivity index (χ3n) is 4.16. The van der Waals surface area contributed by atoms with Gasteiger partial charge in [0.15, 0.2) is 6.29 Å². The maximum Gasteiger partial charge on any atom is 0.157 e. The van der Waals surface area contributed by atoms with Crippen LogP contribution in [0.25, 0.3) is 10.8 Å². The van der Waals surface area contributed by atoms with Crippen molar-refractivity contribution in [3.63, 3.8) is 0 Å². The van der Waals surface area contributed by atoms with Gasteiger partial charge in [-0.05, 0) is 54.9 Å². The highest BCUT2D eigenvalue weighted by atomic mass is 16.7. The summed E-state index contributed by atoms with van der Waals surface area (Å²) in [7, 11) is 0. The van der Waals surface area contributed by atoms with E-state index >= 15 is 0 Å². The molecule has 2 aromatic rings. The van der Waals surface area contributed by atoms with Gasteiger partial charge < -0.3 is 9.47 Å². The average molecular weight is 284 g/mol. The molecule has 1 aliphatic rings. The van der Waals surface area contributed by atoms with Crippen molar-refractivity contribution in [1.82, 2.24) is 0 Å². The Morgan fingerprint density at radius 2 is 1.90 bits per heavy atom. The molecule has 3 rings (SSSR count). The van der Waals surface area contributed by atoms with Crippen LogP contribution in [0.1, 0.15) is 37.7 Å². The maximum absolute atomic E-state index is 5.79. The second-order valence-electron chi connectivity index (χ2n) is 5.76. The molecule has 0 amide bonds. The van der Waals surface area contributed by atoms with Gasteiger partial charge in [-0.1, -0.05) is 42.5 Å². The summed E-state index contributed by atoms with van der Waals surface area (Å²) in [5.41, 5.74) is 1.45. The summed E-state index contributed by atoms with van der Waals surface area (Å²) in [6.45, 7) is 1.68. The zero-order chi connectivity index (χ0) is 14.3. The van der Waals surface area contributed by atoms with E-state index in [-0.39, 0.29) is 6.29 Å². The van der Waals surface area contributed by atoms with Crippen LogP contribution >= 0.6 is 0 Å². The topological polar surface area (TPSA) is 18.5 Å². The fourth-order valence-corrected chi connectivity index (χ4v) is 2.99. The Bertz CT molecular complexity index is 553. The number of hydrogen-bond donors (Lipinski definition) is 0. The number of rotatable bonds is 6. The quantitative estimate of drug-likeness (QED) is 0.715. The summed E-state index contributed by atoms with van der Waals surface area (Å²) in [6.07, 6.45) is 6.92. The Hall–Kier alpha value is -1.38. The van der Waals surface area contributed by atoms with Crippen LogP contribution in [-0.4, -0.2) is 19.5 Å². The third kappa shape index (κ3) is 4.05. The molecule has 1 saturated heterocycles. The molecular formula is C19H24O2. The van der Waals surface area contributed by atoms with Gasteiger partial charge in [-0.15, -0.1) is 0 Å². The van der Waals surface area contributed by atoms with E-state index in [1.165, 1.54) is 35.6 Å². The first-order valence-corrected chi connectivity index (χ1v) is 8.13. The largest absolute Gasteiger partial charge is 0.353 e. The van der Waals surface area contributed by atoms with Gasteiger partial charge in [-0.3, -0.25) is 0 Å². The summed E-state index contributed by atoms with van der Waals surface area (Å²) in [5, 5.41) is 2.72. The lowest BCUT2D eigenvalue weighted by atomic mass is 10.0. The Balaban J connectivity index is 1.44. The Labute approximate surface area is 127 Å². The number of fused-ring (bicyclic) bond motifs is 1. The van der Waals surface area contributed by atoms with E-state index in [1.54, 1.807) is 0 Å². The van der Waals surface area contributed by atoms with E-state index in [2.05, 4.69) is 42.5 Å². The predicted molar refractivity (Wildman–Crippen MR) is 86.4 cm³/mol. The second-order valence-corrected chi connectivity index (χ2v) is 5.76. The van der Waals surface area contributed by atoms with E-state index in [9.17, 15) is 0 Å². The second kappa shape index (κ2) is 7.58. The van der Waals surface area contributed by atoms with Gasteiger partial charge in [-0.25, -0.2) is 0 Å². The van der Waals surface area contributed by atoms with Gasteiger partial charge in [0.2, 0.25) is 0 Å². The van der Waals surface area contributed by atoms with Crippen molar-refractivity contribution in [3.05, 3.63) is 48.0 Å². The lowest BCUT2D eigenvalue weighted by molar-refractivity contribution is -0.162. The predicted octanol–water partition coefficient (Wildman–Crippen LogP) is 4.71. The highest BCUT2D eigenvalue weighted by Gasteiger charge is 2.13. The Morgan fingerprint density at radius 3 is 2.81 bits per heavy atom. The first-order chi connectivity index (χ1) is 10.4. The molecule has 0 aliphatic carbocycles. The first-order valence-electron chi connectivity index (χ1n) is 8.13. The lowest BCUT2D eigenvalue weighted by Gasteiger charge is -2.22. The molecule has 1 aliphatic heterocycles. The van der Waals surface area contributed by atoms with Crippen LogP contribution < -0.4 is 0 Å². The fraction of sp³-hybridized carbons (Fsp3) is 0.474. The summed E-state index contributed by atoms with van der Waals surface area (Å²) in [5.74, 6) is 0. The van der Waals surface area contributed by atoms with Crippen LogP contribution in [0.3, 0.4) is 0 Å². The summed E-state index contributed by atoms with van der Waals surface area (Å²) in [4.78, 5) is 0. The fourth-order valence-electron chi connectivity index (χ4n) is 2.99. The van der Waals surface area contributed by atoms with E-state index in [1.807, 2.05) is 0 Å². The van der Waals surface area contributed by atoms with Gasteiger partial charge in [-0.2, -0.15) is 0 Å². The molecule has 2 heteroatoms. The van der Waals surface area contributed by atoms with Crippen LogP contribution in [0.15, 0.2) is 42.5 Å². The minimum atomic E-state index is 0.0521. The van der Waals surface area contributed by atoms with Crippen molar-refractivity contribution in [1.29, 1.82) is 0 Å². The Kier molecular flexibility index (Phi) is 5.25. The number of aryl methyl sites for hydroxylation is 1. The van der Waals surface area contributed by atoms with E-state index < -0.39 is 0 Å². The highest BCUT2D eigenvalue weighted by Crippen LogP contribution is 2.20. The molecule has 112 valence electrons. The molecule has 0 aromatic heterocycles. The lowest BCUT2D eigenvalue weighted by Crippen LogP contribution is -2.22. The maximum atomic E-state index is 5.79. The number of ether oxygens (including phenoxy) is 2. The van der Waals surface area contributed by atoms with Crippen LogP contribution in [-0.2, 0) is 15.9 Å². The van der Waals surface area contributed by atoms with E-state index in [0.29, 0.717) is 0 Å². The molecule has 0 radical (unpaired) electrons. The van der Waals surface area contributed by atoms with Crippen LogP contribution in [0.5, 0.6) is 0 Å². The van der Waals surface area contributed by atoms with Crippen molar-refractivity contribution < 1.29 is 9.47 Å². The summed E-state index contributed by atoms with van der Waals surface area (Å²) < 4.78 is 11.4. The van der Waals surface area contributed by atoms with Crippen LogP contribution in [0.4, 0.5) is 0 Å². The Morgan fingerprint density at radius 1 is 1.00 bits per heavy atom. The first kappa shape index (κ1) is 14.6. The SMILES string of the molecule is c1ccc2c(CCCCOC3CCCCO3)cccc2c1. The van der Waals surface area contributed by atoms with Gasteiger partial charge in [0.05, 0.1) is 0 Å². The van der Waals surface area contributed by atoms with Crippen molar-refractivity contribution in [2.45, 2.75) is 44.8 Å². The smallest absolute Gasteiger partial charge is 0.157 e. The van der Waals surface area contributed by atoms with Gasteiger partial charge in [0.25, 0.3) is 0 Å². The summed E-state index contributed by atoms with van der Waals surface area (Å²) >= 11 is 0. The molecular weight excluding hydrogens is 260 g/mol. The zero-order valence-electron chi connectivity index (χ0n) is 12.6. The number of hydrogen-bond acceptors (Lipinski definition) is 2. The van der Waals surface area contributed by atoms with Gasteiger partial charge >= 0.3 is 0 Å². The third-order valence-corrected chi connectivity index (χ3v) is 4.16. The normalized spacial score (nSPS) is 19.0. The number of unbranched alkanes of at least 4 members (excludes halogenated alkanes) is 1. The summed E-state index contributed by atoms with van der Waals surface area (Å²) in [6, 6.07) is 15.2. The molecule has 0 spiro atoms. The molecule has 0 bridgehead atoms. The molecule has 1 unspecified atom stereocenters. The van der Waals surface area contributed by atoms with Crippen molar-refractivity contribution in [3.8, 4) is 0 Å².